The molecule has 0 amide bonds. The predicted octanol–water partition coefficient (Wildman–Crippen LogP) is 8.07. The minimum atomic E-state index is -3.83. The molecular formula is C30H50N2O2SSi2. The van der Waals surface area contributed by atoms with Gasteiger partial charge >= 0.3 is 0 Å². The minimum Gasteiger partial charge on any atom is -0.200 e. The number of nitrogens with one attached hydrogen (secondary N) is 1. The molecule has 0 radical (unpaired) electrons. The molecule has 0 heterocycles. The van der Waals surface area contributed by atoms with Crippen molar-refractivity contribution in [3.63, 3.8) is 0 Å². The van der Waals surface area contributed by atoms with E-state index in [1.54, 1.807) is 24.3 Å². The van der Waals surface area contributed by atoms with Gasteiger partial charge in [-0.25, -0.2) is 0 Å². The van der Waals surface area contributed by atoms with E-state index in [1.807, 2.05) is 6.92 Å². The molecule has 1 aromatic carbocycles. The molecule has 0 bridgehead atoms. The van der Waals surface area contributed by atoms with Gasteiger partial charge in [0.25, 0.3) is 10.0 Å². The van der Waals surface area contributed by atoms with Gasteiger partial charge in [-0.05, 0) is 64.1 Å². The molecule has 0 aliphatic rings. The Balaban J connectivity index is 3.79. The summed E-state index contributed by atoms with van der Waals surface area (Å²) in [5.74, 6) is 6.62. The number of hydrazone groups is 1. The zero-order valence-corrected chi connectivity index (χ0v) is 28.3. The molecule has 0 fully saturated rings. The van der Waals surface area contributed by atoms with Crippen LogP contribution in [-0.2, 0) is 10.0 Å². The van der Waals surface area contributed by atoms with Gasteiger partial charge in [0.15, 0.2) is 5.71 Å². The van der Waals surface area contributed by atoms with Crippen LogP contribution in [0.5, 0.6) is 0 Å². The Morgan fingerprint density at radius 3 is 1.30 bits per heavy atom. The van der Waals surface area contributed by atoms with E-state index in [4.69, 9.17) is 0 Å². The Labute approximate surface area is 230 Å². The summed E-state index contributed by atoms with van der Waals surface area (Å²) < 4.78 is 26.0. The first-order chi connectivity index (χ1) is 16.9. The van der Waals surface area contributed by atoms with Gasteiger partial charge in [-0.3, -0.25) is 0 Å². The lowest BCUT2D eigenvalue weighted by atomic mass is 10.2. The van der Waals surface area contributed by atoms with E-state index in [0.29, 0.717) is 39.0 Å². The SMILES string of the molecule is Cc1ccc(S(=O)(=O)NN=C(C#C[Si](C(C)C)(C(C)C)C(C)C)C#C[Si](C(C)C)(C(C)C)C(C)C)cc1. The van der Waals surface area contributed by atoms with Crippen molar-refractivity contribution >= 4 is 31.9 Å². The predicted molar refractivity (Wildman–Crippen MR) is 167 cm³/mol. The fourth-order valence-electron chi connectivity index (χ4n) is 6.16. The van der Waals surface area contributed by atoms with Gasteiger partial charge in [-0.2, -0.15) is 13.2 Å². The first-order valence-corrected chi connectivity index (χ1v) is 19.6. The molecule has 206 valence electrons. The molecule has 1 N–H and O–H groups in total. The maximum absolute atomic E-state index is 13.0. The Bertz CT molecular complexity index is 1060. The quantitative estimate of drug-likeness (QED) is 0.144. The molecule has 0 saturated heterocycles. The molecule has 0 spiro atoms. The minimum absolute atomic E-state index is 0.174. The molecule has 1 aromatic rings. The lowest BCUT2D eigenvalue weighted by Crippen LogP contribution is -2.43. The molecule has 0 aliphatic carbocycles. The van der Waals surface area contributed by atoms with Gasteiger partial charge in [-0.1, -0.05) is 101 Å². The first kappa shape index (κ1) is 33.2. The number of sulfonamides is 1. The Kier molecular flexibility index (Phi) is 12.0. The van der Waals surface area contributed by atoms with Crippen LogP contribution in [0.2, 0.25) is 33.2 Å². The Morgan fingerprint density at radius 1 is 0.676 bits per heavy atom. The summed E-state index contributed by atoms with van der Waals surface area (Å²) >= 11 is 0. The average Bonchev–Trinajstić information content (AvgIpc) is 2.76. The van der Waals surface area contributed by atoms with Crippen molar-refractivity contribution in [3.05, 3.63) is 29.8 Å². The lowest BCUT2D eigenvalue weighted by molar-refractivity contribution is 0.584. The molecule has 4 nitrogen and oxygen atoms in total. The number of hydrogen-bond donors (Lipinski definition) is 1. The largest absolute Gasteiger partial charge is 0.276 e. The normalized spacial score (nSPS) is 12.6. The van der Waals surface area contributed by atoms with E-state index in [-0.39, 0.29) is 4.90 Å². The van der Waals surface area contributed by atoms with E-state index in [0.717, 1.165) is 5.56 Å². The molecule has 0 atom stereocenters. The highest BCUT2D eigenvalue weighted by Crippen LogP contribution is 2.41. The molecular weight excluding hydrogens is 509 g/mol. The van der Waals surface area contributed by atoms with Gasteiger partial charge in [-0.15, -0.1) is 16.2 Å². The third-order valence-corrected chi connectivity index (χ3v) is 21.9. The molecule has 0 aromatic heterocycles. The number of benzene rings is 1. The van der Waals surface area contributed by atoms with Crippen LogP contribution in [-0.4, -0.2) is 30.3 Å². The standard InChI is InChI=1S/C30H50N2O2SSi2/c1-22(2)36(23(3)4,24(5)6)20-18-29(19-21-37(25(7)8,26(9)10)27(11)12)31-32-35(33,34)30-16-14-28(13)15-17-30/h14-17,22-27,32H,1-13H3. The summed E-state index contributed by atoms with van der Waals surface area (Å²) in [6.07, 6.45) is 0. The van der Waals surface area contributed by atoms with Crippen LogP contribution < -0.4 is 4.83 Å². The number of nitrogens with zero attached hydrogens (tertiary/aromatic N) is 1. The van der Waals surface area contributed by atoms with Crippen LogP contribution >= 0.6 is 0 Å². The van der Waals surface area contributed by atoms with Crippen molar-refractivity contribution in [2.45, 2.75) is 128 Å². The fraction of sp³-hybridized carbons (Fsp3) is 0.633. The van der Waals surface area contributed by atoms with Crippen molar-refractivity contribution in [3.8, 4) is 22.9 Å². The topological polar surface area (TPSA) is 58.5 Å². The highest BCUT2D eigenvalue weighted by molar-refractivity contribution is 7.89. The summed E-state index contributed by atoms with van der Waals surface area (Å²) in [4.78, 5) is 2.60. The summed E-state index contributed by atoms with van der Waals surface area (Å²) in [5.41, 5.74) is 11.4. The maximum Gasteiger partial charge on any atom is 0.276 e. The van der Waals surface area contributed by atoms with E-state index in [9.17, 15) is 8.42 Å². The van der Waals surface area contributed by atoms with Gasteiger partial charge in [0.1, 0.15) is 16.1 Å². The van der Waals surface area contributed by atoms with Crippen molar-refractivity contribution < 1.29 is 8.42 Å². The Hall–Kier alpha value is -1.81. The second-order valence-electron chi connectivity index (χ2n) is 12.2. The summed E-state index contributed by atoms with van der Waals surface area (Å²) in [5, 5.41) is 4.33. The second kappa shape index (κ2) is 13.3. The van der Waals surface area contributed by atoms with Gasteiger partial charge < -0.3 is 0 Å². The summed E-state index contributed by atoms with van der Waals surface area (Å²) in [6.45, 7) is 29.1. The summed E-state index contributed by atoms with van der Waals surface area (Å²) in [7, 11) is -7.93. The van der Waals surface area contributed by atoms with Crippen LogP contribution in [0, 0.1) is 29.9 Å². The number of aryl methyl sites for hydroxylation is 1. The second-order valence-corrected chi connectivity index (χ2v) is 25.0. The molecule has 7 heteroatoms. The van der Waals surface area contributed by atoms with Gasteiger partial charge in [0.2, 0.25) is 0 Å². The molecule has 0 aliphatic heterocycles. The van der Waals surface area contributed by atoms with Crippen molar-refractivity contribution in [2.24, 2.45) is 5.10 Å². The molecule has 0 saturated carbocycles. The molecule has 0 unspecified atom stereocenters. The van der Waals surface area contributed by atoms with E-state index in [2.05, 4.69) is 116 Å². The van der Waals surface area contributed by atoms with Crippen LogP contribution in [0.4, 0.5) is 0 Å². The third kappa shape index (κ3) is 7.62. The molecule has 37 heavy (non-hydrogen) atoms. The van der Waals surface area contributed by atoms with Crippen LogP contribution in [0.3, 0.4) is 0 Å². The van der Waals surface area contributed by atoms with Crippen molar-refractivity contribution in [1.82, 2.24) is 4.83 Å². The van der Waals surface area contributed by atoms with Crippen LogP contribution in [0.15, 0.2) is 34.3 Å². The highest BCUT2D eigenvalue weighted by atomic mass is 32.2. The fourth-order valence-corrected chi connectivity index (χ4v) is 17.4. The van der Waals surface area contributed by atoms with Crippen molar-refractivity contribution in [1.29, 1.82) is 0 Å². The average molecular weight is 559 g/mol. The number of rotatable bonds is 9. The monoisotopic (exact) mass is 558 g/mol. The van der Waals surface area contributed by atoms with Crippen molar-refractivity contribution in [2.75, 3.05) is 0 Å². The number of hydrogen-bond acceptors (Lipinski definition) is 3. The zero-order valence-electron chi connectivity index (χ0n) is 25.4. The molecule has 1 rings (SSSR count). The Morgan fingerprint density at radius 2 is 1.00 bits per heavy atom. The van der Waals surface area contributed by atoms with Crippen LogP contribution in [0.1, 0.15) is 88.6 Å². The zero-order chi connectivity index (χ0) is 28.8. The highest BCUT2D eigenvalue weighted by Gasteiger charge is 2.43. The van der Waals surface area contributed by atoms with Crippen LogP contribution in [0.25, 0.3) is 0 Å². The maximum atomic E-state index is 13.0. The lowest BCUT2D eigenvalue weighted by Gasteiger charge is -2.38. The summed E-state index contributed by atoms with van der Waals surface area (Å²) in [6, 6.07) is 6.74. The smallest absolute Gasteiger partial charge is 0.200 e. The van der Waals surface area contributed by atoms with Gasteiger partial charge in [0, 0.05) is 0 Å². The van der Waals surface area contributed by atoms with E-state index < -0.39 is 26.2 Å². The van der Waals surface area contributed by atoms with E-state index >= 15 is 0 Å². The first-order valence-electron chi connectivity index (χ1n) is 13.7. The van der Waals surface area contributed by atoms with Gasteiger partial charge in [0.05, 0.1) is 4.90 Å². The third-order valence-electron chi connectivity index (χ3n) is 8.14. The van der Waals surface area contributed by atoms with E-state index in [1.165, 1.54) is 0 Å².